The summed E-state index contributed by atoms with van der Waals surface area (Å²) in [4.78, 5) is 11.6. The number of nitrogens with zero attached hydrogens (tertiary/aromatic N) is 1. The van der Waals surface area contributed by atoms with Gasteiger partial charge in [0.1, 0.15) is 6.61 Å². The van der Waals surface area contributed by atoms with Crippen molar-refractivity contribution in [1.82, 2.24) is 5.32 Å². The molecule has 1 aliphatic carbocycles. The van der Waals surface area contributed by atoms with Gasteiger partial charge in [-0.1, -0.05) is 30.3 Å². The number of carbonyl (C=O) groups is 1. The van der Waals surface area contributed by atoms with Gasteiger partial charge < -0.3 is 15.2 Å². The number of aliphatic hydroxyl groups excluding tert-OH is 1. The molecule has 1 amide bonds. The molecular weight excluding hydrogens is 244 g/mol. The lowest BCUT2D eigenvalue weighted by Crippen LogP contribution is -2.40. The Kier molecular flexibility index (Phi) is 4.37. The molecule has 3 atom stereocenters. The van der Waals surface area contributed by atoms with Crippen molar-refractivity contribution in [3.8, 4) is 6.07 Å². The molecule has 0 radical (unpaired) electrons. The Labute approximate surface area is 111 Å². The molecule has 5 nitrogen and oxygen atoms in total. The summed E-state index contributed by atoms with van der Waals surface area (Å²) in [6.07, 6.45) is -0.362. The van der Waals surface area contributed by atoms with Gasteiger partial charge in [0, 0.05) is 0 Å². The van der Waals surface area contributed by atoms with Crippen LogP contribution in [0.2, 0.25) is 0 Å². The van der Waals surface area contributed by atoms with Crippen LogP contribution in [0.5, 0.6) is 0 Å². The number of ether oxygens (including phenoxy) is 1. The van der Waals surface area contributed by atoms with Gasteiger partial charge >= 0.3 is 6.09 Å². The van der Waals surface area contributed by atoms with Gasteiger partial charge in [-0.2, -0.15) is 5.26 Å². The lowest BCUT2D eigenvalue weighted by atomic mass is 10.1. The molecule has 19 heavy (non-hydrogen) atoms. The second-order valence-electron chi connectivity index (χ2n) is 4.68. The van der Waals surface area contributed by atoms with E-state index in [2.05, 4.69) is 11.4 Å². The molecule has 2 rings (SSSR count). The molecule has 1 aliphatic rings. The fourth-order valence-corrected chi connectivity index (χ4v) is 2.19. The quantitative estimate of drug-likeness (QED) is 0.864. The van der Waals surface area contributed by atoms with E-state index in [0.29, 0.717) is 12.8 Å². The number of amides is 1. The number of alkyl carbamates (subject to hydrolysis) is 1. The average Bonchev–Trinajstić information content (AvgIpc) is 2.78. The summed E-state index contributed by atoms with van der Waals surface area (Å²) < 4.78 is 5.06. The third-order valence-corrected chi connectivity index (χ3v) is 3.23. The van der Waals surface area contributed by atoms with Crippen LogP contribution in [0, 0.1) is 17.2 Å². The van der Waals surface area contributed by atoms with E-state index in [0.717, 1.165) is 5.56 Å². The van der Waals surface area contributed by atoms with E-state index >= 15 is 0 Å². The monoisotopic (exact) mass is 260 g/mol. The number of nitriles is 1. The Morgan fingerprint density at radius 1 is 1.42 bits per heavy atom. The Bertz CT molecular complexity index is 469. The van der Waals surface area contributed by atoms with Crippen LogP contribution in [0.4, 0.5) is 4.79 Å². The molecule has 1 aromatic rings. The van der Waals surface area contributed by atoms with Gasteiger partial charge in [0.05, 0.1) is 24.1 Å². The van der Waals surface area contributed by atoms with E-state index in [9.17, 15) is 9.90 Å². The highest BCUT2D eigenvalue weighted by atomic mass is 16.5. The Hall–Kier alpha value is -2.06. The highest BCUT2D eigenvalue weighted by Gasteiger charge is 2.34. The summed E-state index contributed by atoms with van der Waals surface area (Å²) in [5.41, 5.74) is 0.902. The second kappa shape index (κ2) is 6.21. The number of benzene rings is 1. The molecule has 1 fully saturated rings. The maximum atomic E-state index is 11.6. The standard InChI is InChI=1S/C14H16N2O3/c15-8-11-6-12(13(17)7-11)16-14(18)19-9-10-4-2-1-3-5-10/h1-5,11-13,17H,6-7,9H2,(H,16,18)/t11-,12+,13+/m1/s1. The first-order valence-corrected chi connectivity index (χ1v) is 6.24. The number of aliphatic hydroxyl groups is 1. The lowest BCUT2D eigenvalue weighted by molar-refractivity contribution is 0.113. The molecule has 0 aliphatic heterocycles. The topological polar surface area (TPSA) is 82.4 Å². The zero-order chi connectivity index (χ0) is 13.7. The van der Waals surface area contributed by atoms with E-state index in [4.69, 9.17) is 10.00 Å². The second-order valence-corrected chi connectivity index (χ2v) is 4.68. The molecule has 100 valence electrons. The molecule has 0 bridgehead atoms. The van der Waals surface area contributed by atoms with E-state index in [-0.39, 0.29) is 12.5 Å². The molecule has 0 unspecified atom stereocenters. The zero-order valence-electron chi connectivity index (χ0n) is 10.5. The number of carbonyl (C=O) groups excluding carboxylic acids is 1. The third kappa shape index (κ3) is 3.70. The molecule has 0 aromatic heterocycles. The first kappa shape index (κ1) is 13.4. The smallest absolute Gasteiger partial charge is 0.407 e. The SMILES string of the molecule is N#C[C@@H]1C[C@H](NC(=O)OCc2ccccc2)[C@@H](O)C1. The van der Waals surface area contributed by atoms with E-state index in [1.54, 1.807) is 0 Å². The van der Waals surface area contributed by atoms with Crippen LogP contribution in [0.3, 0.4) is 0 Å². The molecule has 0 heterocycles. The van der Waals surface area contributed by atoms with Gasteiger partial charge in [0.15, 0.2) is 0 Å². The van der Waals surface area contributed by atoms with Gasteiger partial charge in [-0.15, -0.1) is 0 Å². The normalized spacial score (nSPS) is 25.6. The third-order valence-electron chi connectivity index (χ3n) is 3.23. The zero-order valence-corrected chi connectivity index (χ0v) is 10.5. The summed E-state index contributed by atoms with van der Waals surface area (Å²) in [6, 6.07) is 11.1. The molecule has 1 aromatic carbocycles. The van der Waals surface area contributed by atoms with Crippen molar-refractivity contribution in [3.63, 3.8) is 0 Å². The first-order chi connectivity index (χ1) is 9.19. The van der Waals surface area contributed by atoms with Crippen LogP contribution in [0.1, 0.15) is 18.4 Å². The number of hydrogen-bond donors (Lipinski definition) is 2. The van der Waals surface area contributed by atoms with Crippen molar-refractivity contribution < 1.29 is 14.6 Å². The van der Waals surface area contributed by atoms with Crippen LogP contribution in [0.25, 0.3) is 0 Å². The molecule has 2 N–H and O–H groups in total. The Balaban J connectivity index is 1.77. The predicted octanol–water partition coefficient (Wildman–Crippen LogP) is 1.58. The largest absolute Gasteiger partial charge is 0.445 e. The molecule has 0 spiro atoms. The number of hydrogen-bond acceptors (Lipinski definition) is 4. The highest BCUT2D eigenvalue weighted by molar-refractivity contribution is 5.67. The van der Waals surface area contributed by atoms with Crippen molar-refractivity contribution in [2.24, 2.45) is 5.92 Å². The minimum atomic E-state index is -0.672. The van der Waals surface area contributed by atoms with E-state index in [1.165, 1.54) is 0 Å². The highest BCUT2D eigenvalue weighted by Crippen LogP contribution is 2.25. The van der Waals surface area contributed by atoms with Gasteiger partial charge in [0.25, 0.3) is 0 Å². The average molecular weight is 260 g/mol. The Morgan fingerprint density at radius 3 is 2.79 bits per heavy atom. The van der Waals surface area contributed by atoms with Crippen LogP contribution in [-0.2, 0) is 11.3 Å². The summed E-state index contributed by atoms with van der Waals surface area (Å²) in [5, 5.41) is 21.1. The van der Waals surface area contributed by atoms with Crippen molar-refractivity contribution in [3.05, 3.63) is 35.9 Å². The van der Waals surface area contributed by atoms with E-state index in [1.807, 2.05) is 30.3 Å². The van der Waals surface area contributed by atoms with Crippen LogP contribution in [-0.4, -0.2) is 23.3 Å². The molecular formula is C14H16N2O3. The van der Waals surface area contributed by atoms with Crippen molar-refractivity contribution >= 4 is 6.09 Å². The summed E-state index contributed by atoms with van der Waals surface area (Å²) >= 11 is 0. The minimum absolute atomic E-state index is 0.192. The van der Waals surface area contributed by atoms with Gasteiger partial charge in [0.2, 0.25) is 0 Å². The van der Waals surface area contributed by atoms with Crippen molar-refractivity contribution in [2.45, 2.75) is 31.6 Å². The number of nitrogens with one attached hydrogen (secondary N) is 1. The summed E-state index contributed by atoms with van der Waals surface area (Å²) in [6.45, 7) is 0.192. The molecule has 5 heteroatoms. The van der Waals surface area contributed by atoms with Gasteiger partial charge in [-0.3, -0.25) is 0 Å². The van der Waals surface area contributed by atoms with Gasteiger partial charge in [-0.05, 0) is 18.4 Å². The van der Waals surface area contributed by atoms with Crippen LogP contribution < -0.4 is 5.32 Å². The van der Waals surface area contributed by atoms with E-state index < -0.39 is 18.2 Å². The maximum Gasteiger partial charge on any atom is 0.407 e. The minimum Gasteiger partial charge on any atom is -0.445 e. The fourth-order valence-electron chi connectivity index (χ4n) is 2.19. The fraction of sp³-hybridized carbons (Fsp3) is 0.429. The first-order valence-electron chi connectivity index (χ1n) is 6.24. The molecule has 0 saturated heterocycles. The van der Waals surface area contributed by atoms with Crippen LogP contribution >= 0.6 is 0 Å². The summed E-state index contributed by atoms with van der Waals surface area (Å²) in [5.74, 6) is -0.200. The van der Waals surface area contributed by atoms with Crippen LogP contribution in [0.15, 0.2) is 30.3 Å². The summed E-state index contributed by atoms with van der Waals surface area (Å²) in [7, 11) is 0. The van der Waals surface area contributed by atoms with Crippen molar-refractivity contribution in [2.75, 3.05) is 0 Å². The number of rotatable bonds is 3. The van der Waals surface area contributed by atoms with Crippen molar-refractivity contribution in [1.29, 1.82) is 5.26 Å². The van der Waals surface area contributed by atoms with Gasteiger partial charge in [-0.25, -0.2) is 4.79 Å². The predicted molar refractivity (Wildman–Crippen MR) is 67.9 cm³/mol. The molecule has 1 saturated carbocycles. The Morgan fingerprint density at radius 2 is 2.16 bits per heavy atom. The lowest BCUT2D eigenvalue weighted by Gasteiger charge is -2.16. The maximum absolute atomic E-state index is 11.6.